The normalized spacial score (nSPS) is 10.2. The van der Waals surface area contributed by atoms with Crippen LogP contribution >= 0.6 is 22.6 Å². The van der Waals surface area contributed by atoms with Crippen molar-refractivity contribution in [3.63, 3.8) is 0 Å². The van der Waals surface area contributed by atoms with E-state index in [1.165, 1.54) is 24.4 Å². The molecule has 0 unspecified atom stereocenters. The highest BCUT2D eigenvalue weighted by atomic mass is 127. The molecule has 0 fully saturated rings. The number of hydrogen-bond acceptors (Lipinski definition) is 3. The number of aromatic nitrogens is 1. The molecule has 6 heteroatoms. The topological polar surface area (TPSA) is 59.4 Å². The van der Waals surface area contributed by atoms with E-state index in [0.717, 1.165) is 9.77 Å². The predicted molar refractivity (Wildman–Crippen MR) is 74.6 cm³/mol. The van der Waals surface area contributed by atoms with Gasteiger partial charge in [-0.3, -0.25) is 4.98 Å². The molecule has 4 nitrogen and oxygen atoms in total. The summed E-state index contributed by atoms with van der Waals surface area (Å²) in [6, 6.07) is 5.92. The molecular weight excluding hydrogens is 364 g/mol. The van der Waals surface area contributed by atoms with E-state index < -0.39 is 11.8 Å². The second-order valence-corrected chi connectivity index (χ2v) is 4.91. The smallest absolute Gasteiger partial charge is 0.335 e. The number of pyridine rings is 1. The van der Waals surface area contributed by atoms with Crippen LogP contribution in [-0.2, 0) is 6.61 Å². The van der Waals surface area contributed by atoms with E-state index in [1.807, 2.05) is 22.6 Å². The maximum absolute atomic E-state index is 12.9. The fraction of sp³-hybridized carbons (Fsp3) is 0.0769. The van der Waals surface area contributed by atoms with Gasteiger partial charge in [0, 0.05) is 11.8 Å². The summed E-state index contributed by atoms with van der Waals surface area (Å²) in [6.07, 6.45) is 2.61. The van der Waals surface area contributed by atoms with E-state index in [0.29, 0.717) is 11.3 Å². The summed E-state index contributed by atoms with van der Waals surface area (Å²) < 4.78 is 19.2. The van der Waals surface area contributed by atoms with Crippen molar-refractivity contribution in [1.29, 1.82) is 0 Å². The van der Waals surface area contributed by atoms with Gasteiger partial charge in [-0.15, -0.1) is 0 Å². The molecule has 1 heterocycles. The Morgan fingerprint density at radius 2 is 2.16 bits per heavy atom. The van der Waals surface area contributed by atoms with Crippen LogP contribution in [0, 0.1) is 9.39 Å². The largest absolute Gasteiger partial charge is 0.488 e. The van der Waals surface area contributed by atoms with Crippen LogP contribution in [0.1, 0.15) is 15.9 Å². The predicted octanol–water partition coefficient (Wildman–Crippen LogP) is 3.10. The molecule has 1 N–H and O–H groups in total. The molecule has 1 aromatic carbocycles. The fourth-order valence-corrected chi connectivity index (χ4v) is 1.93. The molecular formula is C13H9FINO3. The van der Waals surface area contributed by atoms with Crippen molar-refractivity contribution in [3.05, 3.63) is 57.2 Å². The molecule has 0 spiro atoms. The molecule has 0 amide bonds. The molecule has 19 heavy (non-hydrogen) atoms. The summed E-state index contributed by atoms with van der Waals surface area (Å²) in [6.45, 7) is 0.129. The van der Waals surface area contributed by atoms with Gasteiger partial charge in [0.05, 0.1) is 15.3 Å². The van der Waals surface area contributed by atoms with Crippen LogP contribution in [0.4, 0.5) is 4.39 Å². The molecule has 0 radical (unpaired) electrons. The quantitative estimate of drug-likeness (QED) is 0.837. The number of carboxylic acids is 1. The van der Waals surface area contributed by atoms with Gasteiger partial charge in [0.25, 0.3) is 0 Å². The molecule has 0 saturated heterocycles. The third-order valence-corrected chi connectivity index (χ3v) is 3.23. The Bertz CT molecular complexity index is 619. The minimum Gasteiger partial charge on any atom is -0.488 e. The number of carbonyl (C=O) groups is 1. The second kappa shape index (κ2) is 5.96. The third kappa shape index (κ3) is 3.63. The maximum Gasteiger partial charge on any atom is 0.335 e. The number of aromatic carboxylic acids is 1. The highest BCUT2D eigenvalue weighted by Gasteiger charge is 2.08. The van der Waals surface area contributed by atoms with E-state index in [-0.39, 0.29) is 12.2 Å². The Balaban J connectivity index is 2.15. The summed E-state index contributed by atoms with van der Waals surface area (Å²) in [5.74, 6) is -1.01. The number of rotatable bonds is 4. The van der Waals surface area contributed by atoms with Crippen molar-refractivity contribution in [2.45, 2.75) is 6.61 Å². The van der Waals surface area contributed by atoms with Crippen molar-refractivity contribution in [2.24, 2.45) is 0 Å². The van der Waals surface area contributed by atoms with E-state index in [2.05, 4.69) is 4.98 Å². The standard InChI is InChI=1S/C13H9FINO3/c14-10-3-8(5-16-6-10)7-19-12-4-9(13(17)18)1-2-11(12)15/h1-6H,7H2,(H,17,18). The number of benzene rings is 1. The summed E-state index contributed by atoms with van der Waals surface area (Å²) >= 11 is 2.04. The molecule has 2 aromatic rings. The molecule has 1 aromatic heterocycles. The first-order valence-corrected chi connectivity index (χ1v) is 6.39. The molecule has 0 saturated carbocycles. The summed E-state index contributed by atoms with van der Waals surface area (Å²) in [5.41, 5.74) is 0.726. The average Bonchev–Trinajstić information content (AvgIpc) is 2.37. The Hall–Kier alpha value is -1.70. The molecule has 0 aliphatic carbocycles. The first-order valence-electron chi connectivity index (χ1n) is 5.31. The Labute approximate surface area is 122 Å². The van der Waals surface area contributed by atoms with Gasteiger partial charge < -0.3 is 9.84 Å². The molecule has 0 bridgehead atoms. The highest BCUT2D eigenvalue weighted by Crippen LogP contribution is 2.23. The van der Waals surface area contributed by atoms with Crippen LogP contribution in [0.25, 0.3) is 0 Å². The first-order chi connectivity index (χ1) is 9.06. The lowest BCUT2D eigenvalue weighted by Gasteiger charge is -2.09. The maximum atomic E-state index is 12.9. The lowest BCUT2D eigenvalue weighted by molar-refractivity contribution is 0.0696. The van der Waals surface area contributed by atoms with Crippen molar-refractivity contribution in [1.82, 2.24) is 4.98 Å². The Kier molecular flexibility index (Phi) is 4.31. The monoisotopic (exact) mass is 373 g/mol. The van der Waals surface area contributed by atoms with Crippen molar-refractivity contribution in [2.75, 3.05) is 0 Å². The van der Waals surface area contributed by atoms with Gasteiger partial charge in [0.1, 0.15) is 18.2 Å². The van der Waals surface area contributed by atoms with E-state index >= 15 is 0 Å². The van der Waals surface area contributed by atoms with Gasteiger partial charge in [-0.2, -0.15) is 0 Å². The van der Waals surface area contributed by atoms with Crippen molar-refractivity contribution < 1.29 is 19.0 Å². The Morgan fingerprint density at radius 1 is 1.37 bits per heavy atom. The van der Waals surface area contributed by atoms with Crippen LogP contribution in [0.3, 0.4) is 0 Å². The lowest BCUT2D eigenvalue weighted by Crippen LogP contribution is -2.01. The fourth-order valence-electron chi connectivity index (χ4n) is 1.44. The summed E-state index contributed by atoms with van der Waals surface area (Å²) in [5, 5.41) is 8.90. The highest BCUT2D eigenvalue weighted by molar-refractivity contribution is 14.1. The van der Waals surface area contributed by atoms with Gasteiger partial charge in [-0.25, -0.2) is 9.18 Å². The molecule has 0 atom stereocenters. The summed E-state index contributed by atoms with van der Waals surface area (Å²) in [7, 11) is 0. The summed E-state index contributed by atoms with van der Waals surface area (Å²) in [4.78, 5) is 14.6. The Morgan fingerprint density at radius 3 is 2.84 bits per heavy atom. The van der Waals surface area contributed by atoms with Gasteiger partial charge in [0.15, 0.2) is 0 Å². The molecule has 2 rings (SSSR count). The lowest BCUT2D eigenvalue weighted by atomic mass is 10.2. The average molecular weight is 373 g/mol. The minimum atomic E-state index is -1.02. The zero-order valence-corrected chi connectivity index (χ0v) is 11.8. The van der Waals surface area contributed by atoms with Crippen LogP contribution in [-0.4, -0.2) is 16.1 Å². The van der Waals surface area contributed by atoms with Crippen LogP contribution in [0.2, 0.25) is 0 Å². The number of nitrogens with zero attached hydrogens (tertiary/aromatic N) is 1. The third-order valence-electron chi connectivity index (χ3n) is 2.33. The number of hydrogen-bond donors (Lipinski definition) is 1. The van der Waals surface area contributed by atoms with Crippen LogP contribution in [0.15, 0.2) is 36.7 Å². The zero-order chi connectivity index (χ0) is 13.8. The molecule has 0 aliphatic heterocycles. The minimum absolute atomic E-state index is 0.129. The van der Waals surface area contributed by atoms with E-state index in [9.17, 15) is 9.18 Å². The van der Waals surface area contributed by atoms with Crippen LogP contribution < -0.4 is 4.74 Å². The molecule has 98 valence electrons. The number of halogens is 2. The SMILES string of the molecule is O=C(O)c1ccc(I)c(OCc2cncc(F)c2)c1. The van der Waals surface area contributed by atoms with E-state index in [1.54, 1.807) is 6.07 Å². The van der Waals surface area contributed by atoms with Crippen molar-refractivity contribution >= 4 is 28.6 Å². The zero-order valence-electron chi connectivity index (χ0n) is 9.64. The van der Waals surface area contributed by atoms with Crippen LogP contribution in [0.5, 0.6) is 5.75 Å². The van der Waals surface area contributed by atoms with Gasteiger partial charge in [-0.05, 0) is 46.9 Å². The van der Waals surface area contributed by atoms with Gasteiger partial charge in [-0.1, -0.05) is 0 Å². The second-order valence-electron chi connectivity index (χ2n) is 3.75. The number of carboxylic acid groups (broad SMARTS) is 1. The van der Waals surface area contributed by atoms with Gasteiger partial charge in [0.2, 0.25) is 0 Å². The first kappa shape index (κ1) is 13.7. The molecule has 0 aliphatic rings. The van der Waals surface area contributed by atoms with E-state index in [4.69, 9.17) is 9.84 Å². The van der Waals surface area contributed by atoms with Crippen molar-refractivity contribution in [3.8, 4) is 5.75 Å². The number of ether oxygens (including phenoxy) is 1. The van der Waals surface area contributed by atoms with Gasteiger partial charge >= 0.3 is 5.97 Å².